The smallest absolute Gasteiger partial charge is 0.257 e. The number of anilines is 2. The highest BCUT2D eigenvalue weighted by Gasteiger charge is 2.33. The van der Waals surface area contributed by atoms with Gasteiger partial charge < -0.3 is 10.6 Å². The van der Waals surface area contributed by atoms with Gasteiger partial charge in [0.25, 0.3) is 11.8 Å². The van der Waals surface area contributed by atoms with E-state index in [-0.39, 0.29) is 11.8 Å². The van der Waals surface area contributed by atoms with E-state index in [4.69, 9.17) is 0 Å². The fourth-order valence-electron chi connectivity index (χ4n) is 5.10. The van der Waals surface area contributed by atoms with Crippen LogP contribution in [-0.2, 0) is 9.59 Å². The fraction of sp³-hybridized carbons (Fsp3) is 0. The minimum atomic E-state index is -0.357. The monoisotopic (exact) mass is 518 g/mol. The van der Waals surface area contributed by atoms with Crippen molar-refractivity contribution in [3.63, 3.8) is 0 Å². The lowest BCUT2D eigenvalue weighted by molar-refractivity contribution is -0.115. The average Bonchev–Trinajstić information content (AvgIpc) is 3.01. The molecule has 0 saturated carbocycles. The Morgan fingerprint density at radius 3 is 0.875 bits per heavy atom. The summed E-state index contributed by atoms with van der Waals surface area (Å²) >= 11 is 0. The second kappa shape index (κ2) is 11.1. The summed E-state index contributed by atoms with van der Waals surface area (Å²) in [6.07, 6.45) is 0. The molecule has 6 rings (SSSR count). The molecule has 0 aromatic heterocycles. The largest absolute Gasteiger partial charge is 0.320 e. The molecule has 0 atom stereocenters. The number of nitrogens with one attached hydrogen (secondary N) is 2. The maximum Gasteiger partial charge on any atom is 0.257 e. The van der Waals surface area contributed by atoms with E-state index in [1.807, 2.05) is 133 Å². The van der Waals surface area contributed by atoms with E-state index in [0.29, 0.717) is 33.7 Å². The zero-order chi connectivity index (χ0) is 27.3. The van der Waals surface area contributed by atoms with E-state index in [1.54, 1.807) is 12.1 Å². The minimum Gasteiger partial charge on any atom is -0.320 e. The number of carbonyl (C=O) groups is 2. The van der Waals surface area contributed by atoms with E-state index < -0.39 is 0 Å². The van der Waals surface area contributed by atoms with Gasteiger partial charge in [-0.15, -0.1) is 0 Å². The third-order valence-electron chi connectivity index (χ3n) is 6.88. The van der Waals surface area contributed by atoms with E-state index in [1.165, 1.54) is 0 Å². The molecular weight excluding hydrogens is 492 g/mol. The number of carbonyl (C=O) groups excluding carboxylic acids is 2. The van der Waals surface area contributed by atoms with Crippen LogP contribution in [0.1, 0.15) is 22.3 Å². The zero-order valence-electron chi connectivity index (χ0n) is 21.7. The minimum absolute atomic E-state index is 0.298. The van der Waals surface area contributed by atoms with E-state index in [9.17, 15) is 9.59 Å². The molecule has 2 amide bonds. The van der Waals surface area contributed by atoms with Crippen LogP contribution in [0.15, 0.2) is 157 Å². The Labute approximate surface area is 233 Å². The van der Waals surface area contributed by atoms with Crippen LogP contribution in [0.5, 0.6) is 0 Å². The molecule has 4 nitrogen and oxygen atoms in total. The lowest BCUT2D eigenvalue weighted by atomic mass is 9.82. The topological polar surface area (TPSA) is 58.2 Å². The third-order valence-corrected chi connectivity index (χ3v) is 6.88. The summed E-state index contributed by atoms with van der Waals surface area (Å²) in [5.74, 6) is -0.714. The molecule has 1 aliphatic rings. The molecule has 0 spiro atoms. The van der Waals surface area contributed by atoms with Crippen molar-refractivity contribution in [1.82, 2.24) is 0 Å². The van der Waals surface area contributed by atoms with Crippen LogP contribution in [-0.4, -0.2) is 11.8 Å². The molecule has 1 aliphatic heterocycles. The molecule has 2 N–H and O–H groups in total. The first-order valence-corrected chi connectivity index (χ1v) is 13.1. The first kappa shape index (κ1) is 24.8. The second-order valence-electron chi connectivity index (χ2n) is 9.42. The number of amides is 2. The van der Waals surface area contributed by atoms with Crippen molar-refractivity contribution in [3.8, 4) is 0 Å². The molecule has 1 heterocycles. The molecule has 40 heavy (non-hydrogen) atoms. The van der Waals surface area contributed by atoms with E-state index >= 15 is 0 Å². The number of hydrogen-bond acceptors (Lipinski definition) is 2. The normalized spacial score (nSPS) is 12.9. The summed E-state index contributed by atoms with van der Waals surface area (Å²) in [5, 5.41) is 6.19. The van der Waals surface area contributed by atoms with Crippen LogP contribution >= 0.6 is 0 Å². The first-order chi connectivity index (χ1) is 19.7. The summed E-state index contributed by atoms with van der Waals surface area (Å²) in [4.78, 5) is 28.9. The van der Waals surface area contributed by atoms with Gasteiger partial charge in [0, 0.05) is 11.1 Å². The van der Waals surface area contributed by atoms with Gasteiger partial charge in [0.2, 0.25) is 0 Å². The Hall–Kier alpha value is -5.48. The Bertz CT molecular complexity index is 1530. The maximum absolute atomic E-state index is 14.5. The van der Waals surface area contributed by atoms with Crippen molar-refractivity contribution < 1.29 is 9.59 Å². The van der Waals surface area contributed by atoms with Crippen LogP contribution < -0.4 is 10.6 Å². The lowest BCUT2D eigenvalue weighted by Gasteiger charge is -2.25. The summed E-state index contributed by atoms with van der Waals surface area (Å²) in [7, 11) is 0. The Morgan fingerprint density at radius 1 is 0.350 bits per heavy atom. The van der Waals surface area contributed by atoms with Crippen LogP contribution in [0.4, 0.5) is 11.4 Å². The number of fused-ring (bicyclic) bond motifs is 1. The molecule has 0 fully saturated rings. The second-order valence-corrected chi connectivity index (χ2v) is 9.42. The molecule has 0 bridgehead atoms. The van der Waals surface area contributed by atoms with Crippen LogP contribution in [0.25, 0.3) is 11.1 Å². The standard InChI is InChI=1S/C36H26N2O2/c39-35-33(31(25-15-5-1-6-16-25)26-17-7-2-8-18-26)34(36(40)38-30-24-14-13-23-29(30)37-35)32(27-19-9-3-10-20-27)28-21-11-4-12-22-28/h1-24H,(H,37,39)(H,38,40). The Kier molecular flexibility index (Phi) is 6.89. The molecule has 4 heteroatoms. The number of para-hydroxylation sites is 2. The van der Waals surface area contributed by atoms with Crippen molar-refractivity contribution in [2.45, 2.75) is 0 Å². The summed E-state index contributed by atoms with van der Waals surface area (Å²) in [6.45, 7) is 0. The van der Waals surface area contributed by atoms with Gasteiger partial charge in [0.15, 0.2) is 0 Å². The van der Waals surface area contributed by atoms with Gasteiger partial charge in [-0.1, -0.05) is 133 Å². The highest BCUT2D eigenvalue weighted by molar-refractivity contribution is 6.29. The van der Waals surface area contributed by atoms with Crippen molar-refractivity contribution >= 4 is 34.3 Å². The van der Waals surface area contributed by atoms with Crippen LogP contribution in [0, 0.1) is 0 Å². The quantitative estimate of drug-likeness (QED) is 0.241. The molecular formula is C36H26N2O2. The van der Waals surface area contributed by atoms with Gasteiger partial charge in [-0.2, -0.15) is 0 Å². The Balaban J connectivity index is 1.80. The summed E-state index contributed by atoms with van der Waals surface area (Å²) < 4.78 is 0. The third kappa shape index (κ3) is 4.86. The van der Waals surface area contributed by atoms with Gasteiger partial charge in [-0.3, -0.25) is 9.59 Å². The van der Waals surface area contributed by atoms with Gasteiger partial charge in [-0.05, 0) is 34.4 Å². The van der Waals surface area contributed by atoms with E-state index in [0.717, 1.165) is 22.3 Å². The predicted molar refractivity (Wildman–Crippen MR) is 162 cm³/mol. The van der Waals surface area contributed by atoms with E-state index in [2.05, 4.69) is 10.6 Å². The first-order valence-electron chi connectivity index (χ1n) is 13.1. The number of benzene rings is 5. The molecule has 0 saturated heterocycles. The van der Waals surface area contributed by atoms with Gasteiger partial charge in [0.1, 0.15) is 0 Å². The zero-order valence-corrected chi connectivity index (χ0v) is 21.7. The molecule has 0 aliphatic carbocycles. The molecule has 0 radical (unpaired) electrons. The van der Waals surface area contributed by atoms with Gasteiger partial charge in [-0.25, -0.2) is 0 Å². The lowest BCUT2D eigenvalue weighted by Crippen LogP contribution is -2.29. The number of rotatable bonds is 4. The van der Waals surface area contributed by atoms with Crippen LogP contribution in [0.3, 0.4) is 0 Å². The van der Waals surface area contributed by atoms with Gasteiger partial charge in [0.05, 0.1) is 22.5 Å². The molecule has 0 unspecified atom stereocenters. The predicted octanol–water partition coefficient (Wildman–Crippen LogP) is 7.58. The van der Waals surface area contributed by atoms with Gasteiger partial charge >= 0.3 is 0 Å². The SMILES string of the molecule is O=C1Nc2ccccc2NC(=O)C(=C(c2ccccc2)c2ccccc2)C1=C(c1ccccc1)c1ccccc1. The van der Waals surface area contributed by atoms with Crippen molar-refractivity contribution in [2.24, 2.45) is 0 Å². The molecule has 5 aromatic rings. The highest BCUT2D eigenvalue weighted by Crippen LogP contribution is 2.39. The fourth-order valence-corrected chi connectivity index (χ4v) is 5.10. The molecule has 5 aromatic carbocycles. The highest BCUT2D eigenvalue weighted by atomic mass is 16.2. The summed E-state index contributed by atoms with van der Waals surface area (Å²) in [5.41, 5.74) is 6.35. The summed E-state index contributed by atoms with van der Waals surface area (Å²) in [6, 6.07) is 46.3. The van der Waals surface area contributed by atoms with Crippen molar-refractivity contribution in [1.29, 1.82) is 0 Å². The van der Waals surface area contributed by atoms with Crippen molar-refractivity contribution in [2.75, 3.05) is 10.6 Å². The average molecular weight is 519 g/mol. The Morgan fingerprint density at radius 2 is 0.600 bits per heavy atom. The molecule has 192 valence electrons. The van der Waals surface area contributed by atoms with Crippen molar-refractivity contribution in [3.05, 3.63) is 179 Å². The van der Waals surface area contributed by atoms with Crippen LogP contribution in [0.2, 0.25) is 0 Å². The maximum atomic E-state index is 14.5. The number of hydrogen-bond donors (Lipinski definition) is 2.